The highest BCUT2D eigenvalue weighted by Crippen LogP contribution is 2.58. The normalized spacial score (nSPS) is 12.6. The molecule has 0 aromatic heterocycles. The summed E-state index contributed by atoms with van der Waals surface area (Å²) in [5, 5.41) is 7.93. The summed E-state index contributed by atoms with van der Waals surface area (Å²) < 4.78 is 0. The van der Waals surface area contributed by atoms with Gasteiger partial charge < -0.3 is 0 Å². The first kappa shape index (κ1) is 23.5. The largest absolute Gasteiger partial charge is 0.0888 e. The number of fused-ring (bicyclic) bond motifs is 6. The van der Waals surface area contributed by atoms with E-state index in [4.69, 9.17) is 0 Å². The summed E-state index contributed by atoms with van der Waals surface area (Å²) >= 11 is 1.89. The fraction of sp³-hybridized carbons (Fsp3) is 0. The average Bonchev–Trinajstić information content (AvgIpc) is 3.39. The van der Waals surface area contributed by atoms with E-state index in [9.17, 15) is 0 Å². The molecule has 0 atom stereocenters. The van der Waals surface area contributed by atoms with Crippen LogP contribution in [0.15, 0.2) is 155 Å². The topological polar surface area (TPSA) is 0 Å². The molecule has 1 aliphatic carbocycles. The highest BCUT2D eigenvalue weighted by molar-refractivity contribution is 7.99. The molecule has 1 heterocycles. The van der Waals surface area contributed by atoms with Crippen molar-refractivity contribution in [1.29, 1.82) is 0 Å². The zero-order valence-corrected chi connectivity index (χ0v) is 24.1. The Bertz CT molecular complexity index is 2460. The lowest BCUT2D eigenvalue weighted by Gasteiger charge is -2.23. The molecule has 10 rings (SSSR count). The Morgan fingerprint density at radius 1 is 0.326 bits per heavy atom. The predicted octanol–water partition coefficient (Wildman–Crippen LogP) is 12.3. The predicted molar refractivity (Wildman–Crippen MR) is 184 cm³/mol. The van der Waals surface area contributed by atoms with Gasteiger partial charge in [0.05, 0.1) is 0 Å². The number of rotatable bonds is 2. The molecule has 0 fully saturated rings. The fourth-order valence-electron chi connectivity index (χ4n) is 7.66. The van der Waals surface area contributed by atoms with E-state index in [2.05, 4.69) is 146 Å². The average molecular weight is 561 g/mol. The molecule has 0 radical (unpaired) electrons. The summed E-state index contributed by atoms with van der Waals surface area (Å²) in [6.07, 6.45) is 0. The minimum absolute atomic E-state index is 1.26. The monoisotopic (exact) mass is 560 g/mol. The summed E-state index contributed by atoms with van der Waals surface area (Å²) in [4.78, 5) is 2.66. The van der Waals surface area contributed by atoms with E-state index in [1.54, 1.807) is 0 Å². The van der Waals surface area contributed by atoms with Gasteiger partial charge in [-0.15, -0.1) is 0 Å². The Morgan fingerprint density at radius 3 is 1.60 bits per heavy atom. The summed E-state index contributed by atoms with van der Waals surface area (Å²) in [5.74, 6) is 0. The van der Waals surface area contributed by atoms with Crippen LogP contribution in [0.1, 0.15) is 0 Å². The van der Waals surface area contributed by atoms with Crippen LogP contribution in [-0.2, 0) is 0 Å². The van der Waals surface area contributed by atoms with E-state index < -0.39 is 0 Å². The third-order valence-electron chi connectivity index (χ3n) is 9.37. The third kappa shape index (κ3) is 3.18. The lowest BCUT2D eigenvalue weighted by atomic mass is 9.82. The summed E-state index contributed by atoms with van der Waals surface area (Å²) in [7, 11) is 0. The van der Waals surface area contributed by atoms with Crippen molar-refractivity contribution >= 4 is 44.1 Å². The van der Waals surface area contributed by atoms with Gasteiger partial charge in [-0.3, -0.25) is 0 Å². The van der Waals surface area contributed by atoms with Gasteiger partial charge in [-0.25, -0.2) is 0 Å². The molecule has 198 valence electrons. The van der Waals surface area contributed by atoms with Crippen LogP contribution in [0.4, 0.5) is 0 Å². The van der Waals surface area contributed by atoms with Crippen LogP contribution in [0.2, 0.25) is 0 Å². The van der Waals surface area contributed by atoms with E-state index in [0.29, 0.717) is 0 Å². The van der Waals surface area contributed by atoms with E-state index >= 15 is 0 Å². The van der Waals surface area contributed by atoms with Crippen molar-refractivity contribution in [1.82, 2.24) is 0 Å². The second-order valence-corrected chi connectivity index (χ2v) is 12.7. The Morgan fingerprint density at radius 2 is 0.907 bits per heavy atom. The minimum atomic E-state index is 1.26. The molecule has 0 N–H and O–H groups in total. The fourth-order valence-corrected chi connectivity index (χ4v) is 8.79. The first-order chi connectivity index (χ1) is 21.3. The molecule has 1 aliphatic heterocycles. The first-order valence-corrected chi connectivity index (χ1v) is 15.7. The van der Waals surface area contributed by atoms with Gasteiger partial charge in [-0.1, -0.05) is 139 Å². The quantitative estimate of drug-likeness (QED) is 0.203. The van der Waals surface area contributed by atoms with Crippen LogP contribution in [0.5, 0.6) is 0 Å². The molecule has 0 spiro atoms. The molecule has 8 aromatic carbocycles. The van der Waals surface area contributed by atoms with Gasteiger partial charge in [-0.2, -0.15) is 0 Å². The Kier molecular flexibility index (Phi) is 4.75. The third-order valence-corrected chi connectivity index (χ3v) is 10.5. The maximum atomic E-state index is 2.46. The molecular weight excluding hydrogens is 537 g/mol. The van der Waals surface area contributed by atoms with Crippen molar-refractivity contribution in [3.8, 4) is 55.6 Å². The lowest BCUT2D eigenvalue weighted by molar-refractivity contribution is 1.40. The second-order valence-electron chi connectivity index (χ2n) is 11.6. The summed E-state index contributed by atoms with van der Waals surface area (Å²) in [6, 6.07) is 54.1. The van der Waals surface area contributed by atoms with Crippen LogP contribution >= 0.6 is 11.8 Å². The van der Waals surface area contributed by atoms with Crippen molar-refractivity contribution in [2.24, 2.45) is 0 Å². The van der Waals surface area contributed by atoms with E-state index in [-0.39, 0.29) is 0 Å². The van der Waals surface area contributed by atoms with Crippen LogP contribution < -0.4 is 0 Å². The van der Waals surface area contributed by atoms with Gasteiger partial charge in [0.2, 0.25) is 0 Å². The van der Waals surface area contributed by atoms with Crippen LogP contribution in [0, 0.1) is 0 Å². The molecule has 8 aromatic rings. The molecule has 43 heavy (non-hydrogen) atoms. The zero-order valence-electron chi connectivity index (χ0n) is 23.3. The van der Waals surface area contributed by atoms with Crippen molar-refractivity contribution in [2.45, 2.75) is 9.79 Å². The highest BCUT2D eigenvalue weighted by Gasteiger charge is 2.31. The first-order valence-electron chi connectivity index (χ1n) is 14.9. The van der Waals surface area contributed by atoms with Crippen LogP contribution in [0.3, 0.4) is 0 Å². The van der Waals surface area contributed by atoms with E-state index in [0.717, 1.165) is 0 Å². The standard InChI is InChI=1S/C42H24S/c1-2-10-27(11-3-1)39-29-16-4-5-17-30(29)40(42-33-20-8-13-25-12-7-19-32(37(25)33)41(39)42)28-22-23-35-34(24-28)31-18-6-14-26-15-9-21-36(43-35)38(26)31/h1-24H. The van der Waals surface area contributed by atoms with Crippen molar-refractivity contribution in [2.75, 3.05) is 0 Å². The molecule has 0 bridgehead atoms. The molecule has 0 saturated heterocycles. The number of hydrogen-bond acceptors (Lipinski definition) is 1. The smallest absolute Gasteiger partial charge is 0.0207 e. The van der Waals surface area contributed by atoms with E-state index in [1.165, 1.54) is 97.7 Å². The summed E-state index contributed by atoms with van der Waals surface area (Å²) in [6.45, 7) is 0. The second kappa shape index (κ2) is 8.70. The minimum Gasteiger partial charge on any atom is -0.0888 e. The molecule has 0 saturated carbocycles. The van der Waals surface area contributed by atoms with Gasteiger partial charge >= 0.3 is 0 Å². The Balaban J connectivity index is 1.36. The van der Waals surface area contributed by atoms with Crippen LogP contribution in [0.25, 0.3) is 88.0 Å². The molecule has 2 aliphatic rings. The van der Waals surface area contributed by atoms with Gasteiger partial charge in [0.25, 0.3) is 0 Å². The number of benzene rings is 8. The maximum absolute atomic E-state index is 2.46. The van der Waals surface area contributed by atoms with Crippen molar-refractivity contribution in [3.63, 3.8) is 0 Å². The molecule has 1 heteroatoms. The van der Waals surface area contributed by atoms with Gasteiger partial charge in [-0.05, 0) is 101 Å². The molecule has 0 amide bonds. The zero-order chi connectivity index (χ0) is 28.1. The van der Waals surface area contributed by atoms with Gasteiger partial charge in [0.1, 0.15) is 0 Å². The van der Waals surface area contributed by atoms with Crippen molar-refractivity contribution in [3.05, 3.63) is 146 Å². The lowest BCUT2D eigenvalue weighted by Crippen LogP contribution is -1.96. The molecule has 0 unspecified atom stereocenters. The molecular formula is C42H24S. The maximum Gasteiger partial charge on any atom is 0.0207 e. The number of hydrogen-bond donors (Lipinski definition) is 0. The van der Waals surface area contributed by atoms with Gasteiger partial charge in [0.15, 0.2) is 0 Å². The van der Waals surface area contributed by atoms with Crippen LogP contribution in [-0.4, -0.2) is 0 Å². The SMILES string of the molecule is c1ccc(-c2c3c(c(-c4ccc5c(c4)-c4cccc6cccc(c46)S5)c4ccccc24)-c2cccc4cccc-3c24)cc1. The van der Waals surface area contributed by atoms with E-state index in [1.807, 2.05) is 11.8 Å². The summed E-state index contributed by atoms with van der Waals surface area (Å²) in [5.41, 5.74) is 13.2. The van der Waals surface area contributed by atoms with Crippen molar-refractivity contribution < 1.29 is 0 Å². The van der Waals surface area contributed by atoms with Gasteiger partial charge in [0, 0.05) is 15.2 Å². The molecule has 0 nitrogen and oxygen atoms in total. The highest BCUT2D eigenvalue weighted by atomic mass is 32.2. The Hall–Kier alpha value is -5.11. The Labute approximate surface area is 254 Å².